The molecule has 0 saturated carbocycles. The molecule has 0 aliphatic carbocycles. The minimum atomic E-state index is -0.0947. The number of nitrogens with one attached hydrogen (secondary N) is 1. The zero-order chi connectivity index (χ0) is 13.4. The lowest BCUT2D eigenvalue weighted by Crippen LogP contribution is -2.36. The van der Waals surface area contributed by atoms with Gasteiger partial charge in [-0.05, 0) is 19.4 Å². The molecule has 0 aliphatic rings. The van der Waals surface area contributed by atoms with Crippen LogP contribution in [0.4, 0.5) is 0 Å². The highest BCUT2D eigenvalue weighted by Crippen LogP contribution is 2.16. The minimum absolute atomic E-state index is 0.0328. The number of rotatable bonds is 7. The number of para-hydroxylation sites is 1. The molecule has 1 atom stereocenters. The van der Waals surface area contributed by atoms with E-state index in [0.29, 0.717) is 12.3 Å². The molecule has 1 aromatic carbocycles. The van der Waals surface area contributed by atoms with Gasteiger partial charge in [0.05, 0.1) is 0 Å². The summed E-state index contributed by atoms with van der Waals surface area (Å²) in [5.74, 6) is 0.584. The summed E-state index contributed by atoms with van der Waals surface area (Å²) < 4.78 is 5.48. The van der Waals surface area contributed by atoms with Crippen molar-refractivity contribution in [3.8, 4) is 5.75 Å². The lowest BCUT2D eigenvalue weighted by Gasteiger charge is -2.14. The van der Waals surface area contributed by atoms with Crippen molar-refractivity contribution in [2.24, 2.45) is 5.73 Å². The molecule has 0 aliphatic heterocycles. The Bertz CT molecular complexity index is 380. The van der Waals surface area contributed by atoms with Gasteiger partial charge in [-0.2, -0.15) is 0 Å². The van der Waals surface area contributed by atoms with Gasteiger partial charge in [0.2, 0.25) is 0 Å². The van der Waals surface area contributed by atoms with Crippen molar-refractivity contribution >= 4 is 5.91 Å². The van der Waals surface area contributed by atoms with Crippen LogP contribution in [0.1, 0.15) is 32.3 Å². The van der Waals surface area contributed by atoms with Crippen LogP contribution in [0, 0.1) is 0 Å². The van der Waals surface area contributed by atoms with Crippen molar-refractivity contribution in [2.75, 3.05) is 6.61 Å². The summed E-state index contributed by atoms with van der Waals surface area (Å²) >= 11 is 0. The monoisotopic (exact) mass is 250 g/mol. The number of benzene rings is 1. The van der Waals surface area contributed by atoms with Crippen molar-refractivity contribution in [1.82, 2.24) is 5.32 Å². The molecule has 0 heterocycles. The van der Waals surface area contributed by atoms with Gasteiger partial charge in [0, 0.05) is 18.2 Å². The van der Waals surface area contributed by atoms with Crippen molar-refractivity contribution in [1.29, 1.82) is 0 Å². The molecule has 4 heteroatoms. The molecule has 1 rings (SSSR count). The predicted octanol–water partition coefficient (Wildman–Crippen LogP) is 1.83. The lowest BCUT2D eigenvalue weighted by atomic mass is 10.2. The molecule has 1 amide bonds. The molecule has 0 spiro atoms. The Hall–Kier alpha value is -1.55. The molecule has 1 aromatic rings. The van der Waals surface area contributed by atoms with E-state index in [-0.39, 0.29) is 18.6 Å². The Kier molecular flexibility index (Phi) is 6.22. The van der Waals surface area contributed by atoms with E-state index in [1.165, 1.54) is 0 Å². The summed E-state index contributed by atoms with van der Waals surface area (Å²) in [6.07, 6.45) is 2.03. The fourth-order valence-electron chi connectivity index (χ4n) is 1.78. The standard InChI is InChI=1S/C14H22N2O2/c1-3-6-11(2)16-14(17)10-18-13-8-5-4-7-12(13)9-15/h4-5,7-8,11H,3,6,9-10,15H2,1-2H3,(H,16,17). The Balaban J connectivity index is 2.42. The third-order valence-corrected chi connectivity index (χ3v) is 2.68. The van der Waals surface area contributed by atoms with Crippen LogP contribution >= 0.6 is 0 Å². The first-order chi connectivity index (χ1) is 8.67. The second-order valence-electron chi connectivity index (χ2n) is 4.36. The van der Waals surface area contributed by atoms with E-state index < -0.39 is 0 Å². The summed E-state index contributed by atoms with van der Waals surface area (Å²) in [7, 11) is 0. The largest absolute Gasteiger partial charge is 0.483 e. The van der Waals surface area contributed by atoms with Gasteiger partial charge in [0.15, 0.2) is 6.61 Å². The van der Waals surface area contributed by atoms with Gasteiger partial charge in [-0.3, -0.25) is 4.79 Å². The average Bonchev–Trinajstić information content (AvgIpc) is 2.37. The van der Waals surface area contributed by atoms with Gasteiger partial charge in [-0.25, -0.2) is 0 Å². The second-order valence-corrected chi connectivity index (χ2v) is 4.36. The number of carbonyl (C=O) groups is 1. The van der Waals surface area contributed by atoms with Crippen LogP contribution in [0.2, 0.25) is 0 Å². The Morgan fingerprint density at radius 3 is 2.83 bits per heavy atom. The maximum atomic E-state index is 11.6. The lowest BCUT2D eigenvalue weighted by molar-refractivity contribution is -0.123. The van der Waals surface area contributed by atoms with E-state index in [2.05, 4.69) is 12.2 Å². The summed E-state index contributed by atoms with van der Waals surface area (Å²) in [5, 5.41) is 2.89. The van der Waals surface area contributed by atoms with Crippen molar-refractivity contribution < 1.29 is 9.53 Å². The molecule has 0 radical (unpaired) electrons. The Morgan fingerprint density at radius 1 is 1.44 bits per heavy atom. The number of carbonyl (C=O) groups excluding carboxylic acids is 1. The minimum Gasteiger partial charge on any atom is -0.483 e. The summed E-state index contributed by atoms with van der Waals surface area (Å²) in [4.78, 5) is 11.6. The molecule has 0 aromatic heterocycles. The van der Waals surface area contributed by atoms with Crippen LogP contribution < -0.4 is 15.8 Å². The molecule has 100 valence electrons. The summed E-state index contributed by atoms with van der Waals surface area (Å²) in [5.41, 5.74) is 6.51. The van der Waals surface area contributed by atoms with E-state index in [9.17, 15) is 4.79 Å². The third-order valence-electron chi connectivity index (χ3n) is 2.68. The fourth-order valence-corrected chi connectivity index (χ4v) is 1.78. The molecule has 0 bridgehead atoms. The molecule has 3 N–H and O–H groups in total. The second kappa shape index (κ2) is 7.71. The van der Waals surface area contributed by atoms with Gasteiger partial charge in [-0.1, -0.05) is 31.5 Å². The van der Waals surface area contributed by atoms with E-state index in [1.54, 1.807) is 0 Å². The van der Waals surface area contributed by atoms with Crippen molar-refractivity contribution in [3.05, 3.63) is 29.8 Å². The maximum absolute atomic E-state index is 11.6. The average molecular weight is 250 g/mol. The van der Waals surface area contributed by atoms with Crippen molar-refractivity contribution in [2.45, 2.75) is 39.3 Å². The summed E-state index contributed by atoms with van der Waals surface area (Å²) in [6, 6.07) is 7.68. The topological polar surface area (TPSA) is 64.3 Å². The number of nitrogens with two attached hydrogens (primary N) is 1. The highest BCUT2D eigenvalue weighted by Gasteiger charge is 2.08. The van der Waals surface area contributed by atoms with E-state index in [1.807, 2.05) is 31.2 Å². The molecule has 18 heavy (non-hydrogen) atoms. The van der Waals surface area contributed by atoms with Crippen LogP contribution in [-0.4, -0.2) is 18.6 Å². The number of hydrogen-bond acceptors (Lipinski definition) is 3. The fraction of sp³-hybridized carbons (Fsp3) is 0.500. The van der Waals surface area contributed by atoms with E-state index in [0.717, 1.165) is 18.4 Å². The van der Waals surface area contributed by atoms with E-state index >= 15 is 0 Å². The molecule has 0 saturated heterocycles. The first kappa shape index (κ1) is 14.5. The van der Waals surface area contributed by atoms with Crippen LogP contribution in [-0.2, 0) is 11.3 Å². The van der Waals surface area contributed by atoms with Crippen LogP contribution in [0.5, 0.6) is 5.75 Å². The maximum Gasteiger partial charge on any atom is 0.258 e. The number of amides is 1. The van der Waals surface area contributed by atoms with Gasteiger partial charge < -0.3 is 15.8 Å². The number of hydrogen-bond donors (Lipinski definition) is 2. The molecule has 0 fully saturated rings. The predicted molar refractivity (Wildman–Crippen MR) is 72.3 cm³/mol. The zero-order valence-electron chi connectivity index (χ0n) is 11.1. The van der Waals surface area contributed by atoms with Gasteiger partial charge in [0.1, 0.15) is 5.75 Å². The molecule has 4 nitrogen and oxygen atoms in total. The first-order valence-corrected chi connectivity index (χ1v) is 6.37. The smallest absolute Gasteiger partial charge is 0.258 e. The van der Waals surface area contributed by atoms with E-state index in [4.69, 9.17) is 10.5 Å². The van der Waals surface area contributed by atoms with Crippen LogP contribution in [0.25, 0.3) is 0 Å². The highest BCUT2D eigenvalue weighted by molar-refractivity contribution is 5.77. The zero-order valence-corrected chi connectivity index (χ0v) is 11.1. The number of ether oxygens (including phenoxy) is 1. The van der Waals surface area contributed by atoms with Crippen molar-refractivity contribution in [3.63, 3.8) is 0 Å². The molecule has 1 unspecified atom stereocenters. The molecular formula is C14H22N2O2. The summed E-state index contributed by atoms with van der Waals surface area (Å²) in [6.45, 7) is 4.53. The highest BCUT2D eigenvalue weighted by atomic mass is 16.5. The normalized spacial score (nSPS) is 11.9. The first-order valence-electron chi connectivity index (χ1n) is 6.37. The van der Waals surface area contributed by atoms with Crippen LogP contribution in [0.3, 0.4) is 0 Å². The Morgan fingerprint density at radius 2 is 2.17 bits per heavy atom. The quantitative estimate of drug-likeness (QED) is 0.776. The van der Waals surface area contributed by atoms with Gasteiger partial charge >= 0.3 is 0 Å². The third kappa shape index (κ3) is 4.75. The molecular weight excluding hydrogens is 228 g/mol. The van der Waals surface area contributed by atoms with Gasteiger partial charge in [-0.15, -0.1) is 0 Å². The van der Waals surface area contributed by atoms with Gasteiger partial charge in [0.25, 0.3) is 5.91 Å². The Labute approximate surface area is 109 Å². The van der Waals surface area contributed by atoms with Crippen LogP contribution in [0.15, 0.2) is 24.3 Å². The SMILES string of the molecule is CCCC(C)NC(=O)COc1ccccc1CN.